The van der Waals surface area contributed by atoms with E-state index in [0.29, 0.717) is 42.4 Å². The maximum absolute atomic E-state index is 13.0. The van der Waals surface area contributed by atoms with Gasteiger partial charge in [0.1, 0.15) is 0 Å². The van der Waals surface area contributed by atoms with Gasteiger partial charge in [0.15, 0.2) is 0 Å². The van der Waals surface area contributed by atoms with Crippen LogP contribution in [-0.2, 0) is 41.7 Å². The molecule has 0 heterocycles. The third kappa shape index (κ3) is 2.86. The highest BCUT2D eigenvalue weighted by Crippen LogP contribution is 2.90. The van der Waals surface area contributed by atoms with Crippen LogP contribution < -0.4 is 5.22 Å². The van der Waals surface area contributed by atoms with Crippen molar-refractivity contribution >= 4 is 93.3 Å². The monoisotopic (exact) mass is 864 g/mol. The molecular weight excluding hydrogens is 821 g/mol. The van der Waals surface area contributed by atoms with E-state index in [1.807, 2.05) is 0 Å². The van der Waals surface area contributed by atoms with Crippen LogP contribution in [0.5, 0.6) is 0 Å². The van der Waals surface area contributed by atoms with E-state index in [0.717, 1.165) is 51.4 Å². The lowest BCUT2D eigenvalue weighted by molar-refractivity contribution is -0.141. The number of hydrogen-bond acceptors (Lipinski definition) is 4. The summed E-state index contributed by atoms with van der Waals surface area (Å²) in [6, 6.07) is 26.1. The second-order valence-corrected chi connectivity index (χ2v) is 23.5. The summed E-state index contributed by atoms with van der Waals surface area (Å²) < 4.78 is 10.6. The van der Waals surface area contributed by atoms with E-state index in [2.05, 4.69) is 78.9 Å². The van der Waals surface area contributed by atoms with Crippen molar-refractivity contribution in [1.82, 2.24) is 0 Å². The molecule has 9 aromatic rings. The number of rotatable bonds is 10. The molecule has 2 saturated carbocycles. The normalized spacial score (nSPS) is 32.8. The van der Waals surface area contributed by atoms with Crippen LogP contribution in [0.1, 0.15) is 143 Å². The number of allylic oxidation sites excluding steroid dienone is 4. The van der Waals surface area contributed by atoms with Crippen molar-refractivity contribution in [3.05, 3.63) is 145 Å². The average molecular weight is 865 g/mol. The standard InChI is InChI=1S/C63H44O4/c1-66-35(64)15-9-17-60(31-11-5-3-6-12-31)59-34-23-28-21-29-24-63-57-53-40(29)37(28)46-43(34)55-50-48-45-39-26(20-30-25-62(59,60)56(55)41(30)45)19-27-22-33(42-38(27)44(39)47(48)52(54(42)57)51(53)49(46)50)58(63)61(63,18-10-16-36(65)67-2)32-13-7-4-8-14-32/h3-8,11-14,20,23-24,27,30,57-59H,9-10,15-19,21-22,25H2,1-2H3. The average Bonchev–Trinajstić information content (AvgIpc) is 3.79. The van der Waals surface area contributed by atoms with Gasteiger partial charge < -0.3 is 9.47 Å². The zero-order valence-corrected chi connectivity index (χ0v) is 37.6. The van der Waals surface area contributed by atoms with Crippen molar-refractivity contribution in [2.75, 3.05) is 14.2 Å². The van der Waals surface area contributed by atoms with Gasteiger partial charge in [0.25, 0.3) is 0 Å². The smallest absolute Gasteiger partial charge is 0.305 e. The van der Waals surface area contributed by atoms with Crippen LogP contribution >= 0.6 is 0 Å². The molecule has 0 bridgehead atoms. The van der Waals surface area contributed by atoms with Crippen molar-refractivity contribution in [1.29, 1.82) is 0 Å². The molecule has 4 heteroatoms. The Morgan fingerprint density at radius 3 is 2.04 bits per heavy atom. The number of esters is 2. The molecule has 0 aliphatic heterocycles. The maximum Gasteiger partial charge on any atom is 0.305 e. The number of fused-ring (bicyclic) bond motifs is 2. The maximum atomic E-state index is 13.0. The number of ether oxygens (including phenoxy) is 2. The molecule has 20 rings (SSSR count). The van der Waals surface area contributed by atoms with Crippen LogP contribution in [0.3, 0.4) is 0 Å². The zero-order chi connectivity index (χ0) is 43.3. The van der Waals surface area contributed by atoms with Crippen LogP contribution in [0.4, 0.5) is 0 Å². The van der Waals surface area contributed by atoms with Gasteiger partial charge in [-0.1, -0.05) is 84.5 Å². The Morgan fingerprint density at radius 1 is 0.627 bits per heavy atom. The molecule has 0 saturated heterocycles. The second-order valence-electron chi connectivity index (χ2n) is 23.5. The molecule has 0 N–H and O–H groups in total. The van der Waals surface area contributed by atoms with Gasteiger partial charge in [0, 0.05) is 58.2 Å². The van der Waals surface area contributed by atoms with Gasteiger partial charge in [-0.3, -0.25) is 9.59 Å². The molecule has 2 spiro atoms. The van der Waals surface area contributed by atoms with E-state index in [1.54, 1.807) is 151 Å². The third-order valence-corrected chi connectivity index (χ3v) is 22.2. The first-order chi connectivity index (χ1) is 33.0. The first-order valence-corrected chi connectivity index (χ1v) is 25.6. The predicted molar refractivity (Wildman–Crippen MR) is 263 cm³/mol. The molecule has 11 aliphatic carbocycles. The molecule has 0 aromatic heterocycles. The highest BCUT2D eigenvalue weighted by Gasteiger charge is 2.84. The van der Waals surface area contributed by atoms with Crippen molar-refractivity contribution in [2.45, 2.75) is 104 Å². The molecule has 0 amide bonds. The summed E-state index contributed by atoms with van der Waals surface area (Å²) in [5, 5.41) is 21.2. The first kappa shape index (κ1) is 34.1. The Hall–Kier alpha value is -6.26. The van der Waals surface area contributed by atoms with Gasteiger partial charge in [0.05, 0.1) is 14.2 Å². The number of carbonyl (C=O) groups is 2. The zero-order valence-electron chi connectivity index (χ0n) is 37.6. The summed E-state index contributed by atoms with van der Waals surface area (Å²) >= 11 is 0. The summed E-state index contributed by atoms with van der Waals surface area (Å²) in [7, 11) is 3.09. The molecule has 2 fully saturated rings. The van der Waals surface area contributed by atoms with E-state index >= 15 is 0 Å². The second kappa shape index (κ2) is 9.84. The predicted octanol–water partition coefficient (Wildman–Crippen LogP) is 12.5. The molecular formula is C63H44O4. The molecule has 11 aliphatic rings. The third-order valence-electron chi connectivity index (χ3n) is 22.2. The number of hydrogen-bond donors (Lipinski definition) is 0. The van der Waals surface area contributed by atoms with Crippen LogP contribution in [0.15, 0.2) is 78.9 Å². The SMILES string of the molecule is COC(=O)CCCC1(c2ccccc2)C2c3cc4c5c6c7c8c9c%10c%11c%12c%13c%14c%15c%16c(c%17c3c5c8c%17c%15c%139)C21CC%16C=C%14CC%12CC=%11C1C(CCCC(=O)OC)(c2ccccc2)C1(C=C6C4)C%107. The Bertz CT molecular complexity index is 4210. The highest BCUT2D eigenvalue weighted by atomic mass is 16.5. The molecule has 4 nitrogen and oxygen atoms in total. The van der Waals surface area contributed by atoms with E-state index in [9.17, 15) is 9.59 Å². The molecule has 9 atom stereocenters. The number of carbonyl (C=O) groups excluding carboxylic acids is 2. The summed E-state index contributed by atoms with van der Waals surface area (Å²) in [4.78, 5) is 25.9. The van der Waals surface area contributed by atoms with Crippen LogP contribution in [-0.4, -0.2) is 26.2 Å². The highest BCUT2D eigenvalue weighted by molar-refractivity contribution is 6.53. The number of methoxy groups -OCH3 is 2. The Kier molecular flexibility index (Phi) is 5.01. The Morgan fingerprint density at radius 2 is 1.28 bits per heavy atom. The van der Waals surface area contributed by atoms with Gasteiger partial charge in [-0.2, -0.15) is 0 Å². The Labute approximate surface area is 385 Å². The van der Waals surface area contributed by atoms with Crippen molar-refractivity contribution < 1.29 is 19.1 Å². The van der Waals surface area contributed by atoms with Crippen LogP contribution in [0.2, 0.25) is 0 Å². The fourth-order valence-electron chi connectivity index (χ4n) is 21.2. The summed E-state index contributed by atoms with van der Waals surface area (Å²) in [6.07, 6.45) is 14.8. The lowest BCUT2D eigenvalue weighted by atomic mass is 9.65. The van der Waals surface area contributed by atoms with Crippen LogP contribution in [0, 0.1) is 11.3 Å². The molecule has 9 aromatic carbocycles. The van der Waals surface area contributed by atoms with Crippen LogP contribution in [0.25, 0.3) is 81.4 Å². The molecule has 0 radical (unpaired) electrons. The van der Waals surface area contributed by atoms with Gasteiger partial charge in [-0.25, -0.2) is 0 Å². The molecule has 320 valence electrons. The van der Waals surface area contributed by atoms with Gasteiger partial charge in [-0.15, -0.1) is 0 Å². The topological polar surface area (TPSA) is 52.6 Å². The minimum Gasteiger partial charge on any atom is -0.469 e. The molecule has 9 unspecified atom stereocenters. The minimum atomic E-state index is -0.112. The van der Waals surface area contributed by atoms with E-state index in [4.69, 9.17) is 9.47 Å². The molecule has 67 heavy (non-hydrogen) atoms. The quantitative estimate of drug-likeness (QED) is 0.102. The Balaban J connectivity index is 0.987. The van der Waals surface area contributed by atoms with Crippen molar-refractivity contribution in [2.24, 2.45) is 11.3 Å². The summed E-state index contributed by atoms with van der Waals surface area (Å²) in [5.74, 6) is 1.78. The van der Waals surface area contributed by atoms with E-state index in [1.165, 1.54) is 11.1 Å². The fourth-order valence-corrected chi connectivity index (χ4v) is 21.2. The fraction of sp³-hybridized carbons (Fsp3) is 0.333. The summed E-state index contributed by atoms with van der Waals surface area (Å²) in [5.41, 5.74) is 22.5. The van der Waals surface area contributed by atoms with Crippen molar-refractivity contribution in [3.8, 4) is 0 Å². The van der Waals surface area contributed by atoms with Gasteiger partial charge in [-0.05, 0) is 199 Å². The van der Waals surface area contributed by atoms with Gasteiger partial charge >= 0.3 is 11.9 Å². The number of benzene rings is 7. The van der Waals surface area contributed by atoms with Crippen molar-refractivity contribution in [3.63, 3.8) is 0 Å². The summed E-state index contributed by atoms with van der Waals surface area (Å²) in [6.45, 7) is 0. The minimum absolute atomic E-state index is 0.0311. The first-order valence-electron chi connectivity index (χ1n) is 25.6. The van der Waals surface area contributed by atoms with E-state index in [-0.39, 0.29) is 33.6 Å². The largest absolute Gasteiger partial charge is 0.469 e. The van der Waals surface area contributed by atoms with Gasteiger partial charge in [0.2, 0.25) is 0 Å². The van der Waals surface area contributed by atoms with E-state index < -0.39 is 0 Å². The lowest BCUT2D eigenvalue weighted by Crippen LogP contribution is -2.32. The lowest BCUT2D eigenvalue weighted by Gasteiger charge is -2.37.